The SMILES string of the molecule is CC(=O)Nc1cccc(N[C@@H](C)C(=O)Nc2ccc(N3CCCCC3)cc2)c1. The Balaban J connectivity index is 1.56. The van der Waals surface area contributed by atoms with Crippen LogP contribution in [0.5, 0.6) is 0 Å². The highest BCUT2D eigenvalue weighted by molar-refractivity contribution is 5.96. The Hall–Kier alpha value is -3.02. The second kappa shape index (κ2) is 9.26. The number of carbonyl (C=O) groups excluding carboxylic acids is 2. The zero-order valence-corrected chi connectivity index (χ0v) is 16.5. The smallest absolute Gasteiger partial charge is 0.246 e. The summed E-state index contributed by atoms with van der Waals surface area (Å²) < 4.78 is 0. The molecule has 0 saturated carbocycles. The zero-order valence-electron chi connectivity index (χ0n) is 16.5. The first-order chi connectivity index (χ1) is 13.5. The molecule has 1 aliphatic heterocycles. The third kappa shape index (κ3) is 5.49. The molecular formula is C22H28N4O2. The number of nitrogens with zero attached hydrogens (tertiary/aromatic N) is 1. The lowest BCUT2D eigenvalue weighted by Crippen LogP contribution is -2.32. The van der Waals surface area contributed by atoms with Gasteiger partial charge in [-0.2, -0.15) is 0 Å². The van der Waals surface area contributed by atoms with Gasteiger partial charge in [-0.15, -0.1) is 0 Å². The third-order valence-corrected chi connectivity index (χ3v) is 4.82. The van der Waals surface area contributed by atoms with Crippen molar-refractivity contribution in [1.82, 2.24) is 0 Å². The third-order valence-electron chi connectivity index (χ3n) is 4.82. The van der Waals surface area contributed by atoms with Crippen LogP contribution >= 0.6 is 0 Å². The number of anilines is 4. The van der Waals surface area contributed by atoms with E-state index in [1.807, 2.05) is 31.2 Å². The summed E-state index contributed by atoms with van der Waals surface area (Å²) in [5, 5.41) is 8.85. The van der Waals surface area contributed by atoms with Gasteiger partial charge in [0.1, 0.15) is 6.04 Å². The van der Waals surface area contributed by atoms with Crippen LogP contribution in [-0.4, -0.2) is 30.9 Å². The number of hydrogen-bond acceptors (Lipinski definition) is 4. The minimum Gasteiger partial charge on any atom is -0.374 e. The molecule has 2 aromatic carbocycles. The van der Waals surface area contributed by atoms with Crippen molar-refractivity contribution >= 4 is 34.6 Å². The van der Waals surface area contributed by atoms with Crippen molar-refractivity contribution in [3.05, 3.63) is 48.5 Å². The molecule has 0 unspecified atom stereocenters. The van der Waals surface area contributed by atoms with E-state index in [2.05, 4.69) is 33.0 Å². The average molecular weight is 380 g/mol. The van der Waals surface area contributed by atoms with E-state index in [0.717, 1.165) is 24.5 Å². The highest BCUT2D eigenvalue weighted by Gasteiger charge is 2.14. The van der Waals surface area contributed by atoms with Crippen LogP contribution in [0.1, 0.15) is 33.1 Å². The quantitative estimate of drug-likeness (QED) is 0.706. The molecule has 28 heavy (non-hydrogen) atoms. The van der Waals surface area contributed by atoms with E-state index in [0.29, 0.717) is 5.69 Å². The topological polar surface area (TPSA) is 73.5 Å². The fraction of sp³-hybridized carbons (Fsp3) is 0.364. The van der Waals surface area contributed by atoms with E-state index in [4.69, 9.17) is 0 Å². The molecule has 1 heterocycles. The van der Waals surface area contributed by atoms with Crippen molar-refractivity contribution in [3.8, 4) is 0 Å². The van der Waals surface area contributed by atoms with Crippen LogP contribution in [0.2, 0.25) is 0 Å². The highest BCUT2D eigenvalue weighted by Crippen LogP contribution is 2.22. The maximum Gasteiger partial charge on any atom is 0.246 e. The van der Waals surface area contributed by atoms with Gasteiger partial charge in [0.2, 0.25) is 11.8 Å². The normalized spacial score (nSPS) is 14.9. The molecule has 6 heteroatoms. The van der Waals surface area contributed by atoms with Crippen molar-refractivity contribution < 1.29 is 9.59 Å². The summed E-state index contributed by atoms with van der Waals surface area (Å²) in [5.41, 5.74) is 3.46. The molecule has 2 aromatic rings. The largest absolute Gasteiger partial charge is 0.374 e. The molecule has 148 valence electrons. The summed E-state index contributed by atoms with van der Waals surface area (Å²) in [7, 11) is 0. The van der Waals surface area contributed by atoms with Crippen LogP contribution in [0.25, 0.3) is 0 Å². The van der Waals surface area contributed by atoms with Gasteiger partial charge < -0.3 is 20.9 Å². The molecular weight excluding hydrogens is 352 g/mol. The summed E-state index contributed by atoms with van der Waals surface area (Å²) >= 11 is 0. The maximum atomic E-state index is 12.5. The maximum absolute atomic E-state index is 12.5. The summed E-state index contributed by atoms with van der Waals surface area (Å²) in [6.45, 7) is 5.48. The Morgan fingerprint density at radius 2 is 1.57 bits per heavy atom. The minimum atomic E-state index is -0.422. The molecule has 0 bridgehead atoms. The first kappa shape index (κ1) is 19.7. The number of nitrogens with one attached hydrogen (secondary N) is 3. The Morgan fingerprint density at radius 1 is 0.893 bits per heavy atom. The number of hydrogen-bond donors (Lipinski definition) is 3. The molecule has 6 nitrogen and oxygen atoms in total. The monoisotopic (exact) mass is 380 g/mol. The number of piperidine rings is 1. The summed E-state index contributed by atoms with van der Waals surface area (Å²) in [5.74, 6) is -0.244. The molecule has 1 fully saturated rings. The second-order valence-corrected chi connectivity index (χ2v) is 7.21. The summed E-state index contributed by atoms with van der Waals surface area (Å²) in [6.07, 6.45) is 3.79. The second-order valence-electron chi connectivity index (χ2n) is 7.21. The van der Waals surface area contributed by atoms with Gasteiger partial charge in [0.05, 0.1) is 0 Å². The molecule has 0 aromatic heterocycles. The van der Waals surface area contributed by atoms with Crippen LogP contribution in [0.15, 0.2) is 48.5 Å². The number of benzene rings is 2. The van der Waals surface area contributed by atoms with E-state index in [1.54, 1.807) is 12.1 Å². The Morgan fingerprint density at radius 3 is 2.25 bits per heavy atom. The molecule has 0 spiro atoms. The lowest BCUT2D eigenvalue weighted by atomic mass is 10.1. The van der Waals surface area contributed by atoms with Crippen molar-refractivity contribution in [2.45, 2.75) is 39.2 Å². The predicted octanol–water partition coefficient (Wildman–Crippen LogP) is 4.07. The summed E-state index contributed by atoms with van der Waals surface area (Å²) in [4.78, 5) is 26.1. The molecule has 1 atom stereocenters. The van der Waals surface area contributed by atoms with Gasteiger partial charge in [-0.05, 0) is 68.7 Å². The molecule has 1 aliphatic rings. The van der Waals surface area contributed by atoms with E-state index >= 15 is 0 Å². The zero-order chi connectivity index (χ0) is 19.9. The van der Waals surface area contributed by atoms with E-state index in [9.17, 15) is 9.59 Å². The average Bonchev–Trinajstić information content (AvgIpc) is 2.69. The highest BCUT2D eigenvalue weighted by atomic mass is 16.2. The minimum absolute atomic E-state index is 0.115. The fourth-order valence-electron chi connectivity index (χ4n) is 3.36. The van der Waals surface area contributed by atoms with Crippen LogP contribution in [-0.2, 0) is 9.59 Å². The standard InChI is InChI=1S/C22H28N4O2/c1-16(23-19-7-6-8-20(15-19)24-17(2)27)22(28)25-18-9-11-21(12-10-18)26-13-4-3-5-14-26/h6-12,15-16,23H,3-5,13-14H2,1-2H3,(H,24,27)(H,25,28)/t16-/m0/s1. The van der Waals surface area contributed by atoms with Gasteiger partial charge >= 0.3 is 0 Å². The lowest BCUT2D eigenvalue weighted by Gasteiger charge is -2.28. The van der Waals surface area contributed by atoms with Gasteiger partial charge in [-0.25, -0.2) is 0 Å². The van der Waals surface area contributed by atoms with Gasteiger partial charge in [0.25, 0.3) is 0 Å². The van der Waals surface area contributed by atoms with E-state index in [-0.39, 0.29) is 11.8 Å². The molecule has 3 N–H and O–H groups in total. The van der Waals surface area contributed by atoms with Crippen LogP contribution in [0.3, 0.4) is 0 Å². The van der Waals surface area contributed by atoms with Crippen molar-refractivity contribution in [3.63, 3.8) is 0 Å². The number of carbonyl (C=O) groups is 2. The van der Waals surface area contributed by atoms with Gasteiger partial charge in [0.15, 0.2) is 0 Å². The van der Waals surface area contributed by atoms with E-state index < -0.39 is 6.04 Å². The molecule has 1 saturated heterocycles. The van der Waals surface area contributed by atoms with Crippen LogP contribution in [0.4, 0.5) is 22.7 Å². The van der Waals surface area contributed by atoms with Crippen molar-refractivity contribution in [2.24, 2.45) is 0 Å². The first-order valence-corrected chi connectivity index (χ1v) is 9.81. The van der Waals surface area contributed by atoms with Gasteiger partial charge in [-0.1, -0.05) is 6.07 Å². The van der Waals surface area contributed by atoms with Crippen molar-refractivity contribution in [2.75, 3.05) is 33.9 Å². The van der Waals surface area contributed by atoms with Crippen LogP contribution in [0, 0.1) is 0 Å². The fourth-order valence-corrected chi connectivity index (χ4v) is 3.36. The van der Waals surface area contributed by atoms with Crippen LogP contribution < -0.4 is 20.9 Å². The van der Waals surface area contributed by atoms with Crippen molar-refractivity contribution in [1.29, 1.82) is 0 Å². The lowest BCUT2D eigenvalue weighted by molar-refractivity contribution is -0.116. The number of amides is 2. The molecule has 0 radical (unpaired) electrons. The Kier molecular flexibility index (Phi) is 6.53. The molecule has 3 rings (SSSR count). The predicted molar refractivity (Wildman–Crippen MR) is 115 cm³/mol. The molecule has 2 amide bonds. The van der Waals surface area contributed by atoms with Gasteiger partial charge in [-0.3, -0.25) is 9.59 Å². The Labute approximate surface area is 166 Å². The van der Waals surface area contributed by atoms with Gasteiger partial charge in [0, 0.05) is 42.8 Å². The van der Waals surface area contributed by atoms with E-state index in [1.165, 1.54) is 31.9 Å². The summed E-state index contributed by atoms with van der Waals surface area (Å²) in [6, 6.07) is 14.9. The first-order valence-electron chi connectivity index (χ1n) is 9.81. The molecule has 0 aliphatic carbocycles. The number of rotatable bonds is 6. The Bertz CT molecular complexity index is 814.